The molecule has 1 unspecified atom stereocenters. The van der Waals surface area contributed by atoms with Crippen molar-refractivity contribution in [2.24, 2.45) is 5.92 Å². The lowest BCUT2D eigenvalue weighted by atomic mass is 9.94. The van der Waals surface area contributed by atoms with E-state index in [-0.39, 0.29) is 23.1 Å². The van der Waals surface area contributed by atoms with Crippen molar-refractivity contribution in [3.63, 3.8) is 0 Å². The van der Waals surface area contributed by atoms with Crippen molar-refractivity contribution in [1.29, 1.82) is 0 Å². The highest BCUT2D eigenvalue weighted by Crippen LogP contribution is 2.24. The molecule has 7 nitrogen and oxygen atoms in total. The summed E-state index contributed by atoms with van der Waals surface area (Å²) >= 11 is 12.2. The molecular weight excluding hydrogens is 681 g/mol. The van der Waals surface area contributed by atoms with Crippen molar-refractivity contribution in [2.45, 2.75) is 199 Å². The standard InChI is InChI=1S/C42H71Cl2N3O4/c1-50-38(48)32-28-24-20-16-12-8-4-3-6-10-14-18-22-26-30-36(41(49)51-2)31-27-23-19-15-11-7-5-9-13-17-21-25-29-34-47-35-33-37-39(47)40(43)46-42(44)45-37/h33,35-36H,3-32,34H2,1-2H3. The zero-order chi connectivity index (χ0) is 36.8. The Morgan fingerprint density at radius 1 is 0.588 bits per heavy atom. The van der Waals surface area contributed by atoms with E-state index >= 15 is 0 Å². The van der Waals surface area contributed by atoms with Crippen molar-refractivity contribution < 1.29 is 19.1 Å². The van der Waals surface area contributed by atoms with Gasteiger partial charge in [-0.2, -0.15) is 0 Å². The molecule has 0 aromatic carbocycles. The van der Waals surface area contributed by atoms with Crippen LogP contribution in [-0.2, 0) is 25.6 Å². The number of hydrogen-bond acceptors (Lipinski definition) is 6. The number of ether oxygens (including phenoxy) is 2. The van der Waals surface area contributed by atoms with Crippen molar-refractivity contribution in [1.82, 2.24) is 14.5 Å². The van der Waals surface area contributed by atoms with Gasteiger partial charge in [0.2, 0.25) is 5.28 Å². The number of aryl methyl sites for hydroxylation is 1. The number of methoxy groups -OCH3 is 2. The minimum Gasteiger partial charge on any atom is -0.469 e. The van der Waals surface area contributed by atoms with Gasteiger partial charge in [-0.3, -0.25) is 9.59 Å². The average Bonchev–Trinajstić information content (AvgIpc) is 3.54. The first kappa shape index (κ1) is 45.3. The summed E-state index contributed by atoms with van der Waals surface area (Å²) in [5.74, 6) is 0.000255. The number of carbonyl (C=O) groups is 2. The highest BCUT2D eigenvalue weighted by Gasteiger charge is 2.18. The van der Waals surface area contributed by atoms with Gasteiger partial charge in [0, 0.05) is 19.2 Å². The van der Waals surface area contributed by atoms with E-state index in [2.05, 4.69) is 19.3 Å². The van der Waals surface area contributed by atoms with Gasteiger partial charge in [-0.05, 0) is 43.4 Å². The zero-order valence-corrected chi connectivity index (χ0v) is 33.9. The van der Waals surface area contributed by atoms with Gasteiger partial charge < -0.3 is 14.0 Å². The van der Waals surface area contributed by atoms with E-state index in [4.69, 9.17) is 27.9 Å². The molecular formula is C42H71Cl2N3O4. The summed E-state index contributed by atoms with van der Waals surface area (Å²) < 4.78 is 12.0. The van der Waals surface area contributed by atoms with Crippen LogP contribution in [0.3, 0.4) is 0 Å². The molecule has 2 rings (SSSR count). The number of aromatic nitrogens is 3. The Labute approximate surface area is 320 Å². The molecule has 0 bridgehead atoms. The third-order valence-corrected chi connectivity index (χ3v) is 10.9. The summed E-state index contributed by atoms with van der Waals surface area (Å²) in [6.45, 7) is 0.935. The van der Waals surface area contributed by atoms with Gasteiger partial charge in [0.1, 0.15) is 5.52 Å². The molecule has 0 amide bonds. The quantitative estimate of drug-likeness (QED) is 0.0306. The Morgan fingerprint density at radius 3 is 1.43 bits per heavy atom. The Bertz CT molecular complexity index is 1170. The number of rotatable bonds is 34. The Morgan fingerprint density at radius 2 is 1.00 bits per heavy atom. The van der Waals surface area contributed by atoms with Gasteiger partial charge in [-0.1, -0.05) is 172 Å². The van der Waals surface area contributed by atoms with Crippen LogP contribution in [0.25, 0.3) is 11.0 Å². The Balaban J connectivity index is 1.32. The molecule has 0 saturated heterocycles. The number of nitrogens with zero attached hydrogens (tertiary/aromatic N) is 3. The van der Waals surface area contributed by atoms with Gasteiger partial charge in [0.05, 0.1) is 25.7 Å². The van der Waals surface area contributed by atoms with Gasteiger partial charge in [-0.25, -0.2) is 9.97 Å². The summed E-state index contributed by atoms with van der Waals surface area (Å²) in [6, 6.07) is 1.95. The van der Waals surface area contributed by atoms with E-state index < -0.39 is 0 Å². The molecule has 0 fully saturated rings. The van der Waals surface area contributed by atoms with Crippen LogP contribution in [0.1, 0.15) is 193 Å². The van der Waals surface area contributed by atoms with Crippen molar-refractivity contribution in [2.75, 3.05) is 14.2 Å². The number of unbranched alkanes of at least 4 members (excludes halogenated alkanes) is 25. The molecule has 1 atom stereocenters. The van der Waals surface area contributed by atoms with E-state index in [0.717, 1.165) is 62.5 Å². The average molecular weight is 753 g/mol. The maximum atomic E-state index is 12.4. The molecule has 0 aliphatic rings. The molecule has 0 radical (unpaired) electrons. The lowest BCUT2D eigenvalue weighted by Crippen LogP contribution is -2.16. The van der Waals surface area contributed by atoms with Crippen LogP contribution in [0.4, 0.5) is 0 Å². The second-order valence-electron chi connectivity index (χ2n) is 14.7. The summed E-state index contributed by atoms with van der Waals surface area (Å²) in [6.07, 6.45) is 38.9. The fraction of sp³-hybridized carbons (Fsp3) is 0.810. The summed E-state index contributed by atoms with van der Waals surface area (Å²) in [5, 5.41) is 0.624. The molecule has 0 spiro atoms. The largest absolute Gasteiger partial charge is 0.469 e. The van der Waals surface area contributed by atoms with Crippen LogP contribution in [0.15, 0.2) is 12.3 Å². The summed E-state index contributed by atoms with van der Waals surface area (Å²) in [5.41, 5.74) is 1.69. The monoisotopic (exact) mass is 751 g/mol. The molecule has 0 saturated carbocycles. The van der Waals surface area contributed by atoms with Crippen LogP contribution < -0.4 is 0 Å². The maximum absolute atomic E-state index is 12.4. The molecule has 0 aliphatic carbocycles. The minimum absolute atomic E-state index is 0.00326. The van der Waals surface area contributed by atoms with Gasteiger partial charge in [0.25, 0.3) is 0 Å². The first-order valence-corrected chi connectivity index (χ1v) is 21.5. The number of halogens is 2. The van der Waals surface area contributed by atoms with Crippen LogP contribution in [0.5, 0.6) is 0 Å². The lowest BCUT2D eigenvalue weighted by Gasteiger charge is -2.14. The molecule has 0 N–H and O–H groups in total. The molecule has 2 heterocycles. The molecule has 292 valence electrons. The Hall–Kier alpha value is -1.86. The first-order chi connectivity index (χ1) is 25.0. The van der Waals surface area contributed by atoms with E-state index in [0.29, 0.717) is 11.6 Å². The van der Waals surface area contributed by atoms with E-state index in [1.807, 2.05) is 12.3 Å². The van der Waals surface area contributed by atoms with Crippen molar-refractivity contribution in [3.8, 4) is 0 Å². The number of carbonyl (C=O) groups excluding carboxylic acids is 2. The Kier molecular flexibility index (Phi) is 27.2. The molecule has 2 aromatic heterocycles. The maximum Gasteiger partial charge on any atom is 0.308 e. The normalized spacial score (nSPS) is 12.1. The number of esters is 2. The highest BCUT2D eigenvalue weighted by atomic mass is 35.5. The van der Waals surface area contributed by atoms with Crippen molar-refractivity contribution >= 4 is 46.2 Å². The first-order valence-electron chi connectivity index (χ1n) is 20.8. The van der Waals surface area contributed by atoms with E-state index in [9.17, 15) is 9.59 Å². The van der Waals surface area contributed by atoms with E-state index in [1.54, 1.807) is 7.11 Å². The molecule has 51 heavy (non-hydrogen) atoms. The number of fused-ring (bicyclic) bond motifs is 1. The zero-order valence-electron chi connectivity index (χ0n) is 32.4. The topological polar surface area (TPSA) is 83.3 Å². The lowest BCUT2D eigenvalue weighted by molar-refractivity contribution is -0.146. The van der Waals surface area contributed by atoms with Crippen LogP contribution >= 0.6 is 23.2 Å². The highest BCUT2D eigenvalue weighted by molar-refractivity contribution is 6.35. The van der Waals surface area contributed by atoms with Crippen molar-refractivity contribution in [3.05, 3.63) is 22.7 Å². The second-order valence-corrected chi connectivity index (χ2v) is 15.4. The summed E-state index contributed by atoms with van der Waals surface area (Å²) in [4.78, 5) is 31.8. The molecule has 0 aliphatic heterocycles. The fourth-order valence-corrected chi connectivity index (χ4v) is 7.77. The van der Waals surface area contributed by atoms with Crippen LogP contribution in [0.2, 0.25) is 10.4 Å². The predicted molar refractivity (Wildman–Crippen MR) is 214 cm³/mol. The van der Waals surface area contributed by atoms with Gasteiger partial charge >= 0.3 is 11.9 Å². The van der Waals surface area contributed by atoms with Crippen LogP contribution in [-0.4, -0.2) is 40.7 Å². The van der Waals surface area contributed by atoms with Gasteiger partial charge in [0.15, 0.2) is 5.15 Å². The van der Waals surface area contributed by atoms with Gasteiger partial charge in [-0.15, -0.1) is 0 Å². The predicted octanol–water partition coefficient (Wildman–Crippen LogP) is 13.4. The SMILES string of the molecule is COC(=O)CCCCCCCCCCCCCCCCC(CCCCCCCCCCCCCCCn1ccc2nc(Cl)nc(Cl)c21)C(=O)OC. The van der Waals surface area contributed by atoms with Crippen LogP contribution in [0, 0.1) is 5.92 Å². The molecule has 2 aromatic rings. The smallest absolute Gasteiger partial charge is 0.308 e. The summed E-state index contributed by atoms with van der Waals surface area (Å²) in [7, 11) is 3.00. The molecule has 9 heteroatoms. The van der Waals surface area contributed by atoms with E-state index in [1.165, 1.54) is 148 Å². The second kappa shape index (κ2) is 30.6. The fourth-order valence-electron chi connectivity index (χ4n) is 7.27. The third kappa shape index (κ3) is 22.1. The minimum atomic E-state index is -0.0838. The third-order valence-electron chi connectivity index (χ3n) is 10.4. The number of hydrogen-bond donors (Lipinski definition) is 0.